The van der Waals surface area contributed by atoms with Crippen LogP contribution in [0.2, 0.25) is 0 Å². The molecule has 0 heterocycles. The molecule has 8 heteroatoms. The number of hydrogen-bond donors (Lipinski definition) is 2. The van der Waals surface area contributed by atoms with Crippen LogP contribution in [0.5, 0.6) is 5.75 Å². The van der Waals surface area contributed by atoms with Crippen molar-refractivity contribution in [2.75, 3.05) is 20.2 Å². The summed E-state index contributed by atoms with van der Waals surface area (Å²) >= 11 is 0. The van der Waals surface area contributed by atoms with E-state index in [0.717, 1.165) is 19.6 Å². The highest BCUT2D eigenvalue weighted by Gasteiger charge is 2.13. The number of benzene rings is 1. The largest absolute Gasteiger partial charge is 0.434 e. The van der Waals surface area contributed by atoms with Gasteiger partial charge in [0.15, 0.2) is 5.96 Å². The van der Waals surface area contributed by atoms with Gasteiger partial charge in [-0.05, 0) is 25.3 Å². The molecule has 0 saturated heterocycles. The first-order valence-electron chi connectivity index (χ1n) is 9.28. The number of alkyl halides is 2. The second-order valence-corrected chi connectivity index (χ2v) is 6.32. The lowest BCUT2D eigenvalue weighted by Crippen LogP contribution is -2.37. The third kappa shape index (κ3) is 9.55. The van der Waals surface area contributed by atoms with Crippen LogP contribution in [0.1, 0.15) is 44.1 Å². The molecule has 1 aliphatic carbocycles. The van der Waals surface area contributed by atoms with Crippen molar-refractivity contribution in [1.82, 2.24) is 10.6 Å². The summed E-state index contributed by atoms with van der Waals surface area (Å²) in [5.74, 6) is 0.792. The van der Waals surface area contributed by atoms with Crippen molar-refractivity contribution in [3.8, 4) is 5.75 Å². The zero-order valence-corrected chi connectivity index (χ0v) is 18.1. The van der Waals surface area contributed by atoms with Gasteiger partial charge in [0.2, 0.25) is 0 Å². The van der Waals surface area contributed by atoms with Crippen molar-refractivity contribution >= 4 is 29.9 Å². The van der Waals surface area contributed by atoms with Gasteiger partial charge in [-0.2, -0.15) is 8.78 Å². The molecule has 0 unspecified atom stereocenters. The Bertz CT molecular complexity index is 556. The fourth-order valence-electron chi connectivity index (χ4n) is 3.02. The van der Waals surface area contributed by atoms with Crippen LogP contribution in [-0.2, 0) is 11.3 Å². The molecule has 5 nitrogen and oxygen atoms in total. The topological polar surface area (TPSA) is 54.9 Å². The highest BCUT2D eigenvalue weighted by Crippen LogP contribution is 2.20. The molecular formula is C19H30F2IN3O2. The third-order valence-electron chi connectivity index (χ3n) is 4.38. The van der Waals surface area contributed by atoms with E-state index in [4.69, 9.17) is 4.74 Å². The van der Waals surface area contributed by atoms with E-state index in [9.17, 15) is 8.78 Å². The Morgan fingerprint density at radius 3 is 2.63 bits per heavy atom. The number of para-hydroxylation sites is 1. The van der Waals surface area contributed by atoms with Gasteiger partial charge in [0, 0.05) is 32.3 Å². The van der Waals surface area contributed by atoms with Crippen molar-refractivity contribution < 1.29 is 18.3 Å². The fraction of sp³-hybridized carbons (Fsp3) is 0.632. The van der Waals surface area contributed by atoms with Crippen LogP contribution in [0.4, 0.5) is 8.78 Å². The number of halogens is 3. The summed E-state index contributed by atoms with van der Waals surface area (Å²) in [5, 5.41) is 6.32. The number of nitrogens with one attached hydrogen (secondary N) is 2. The molecule has 0 amide bonds. The van der Waals surface area contributed by atoms with Crippen LogP contribution in [0.15, 0.2) is 29.3 Å². The van der Waals surface area contributed by atoms with Crippen molar-refractivity contribution in [3.63, 3.8) is 0 Å². The predicted octanol–water partition coefficient (Wildman–Crippen LogP) is 4.31. The second-order valence-electron chi connectivity index (χ2n) is 6.32. The van der Waals surface area contributed by atoms with Gasteiger partial charge in [0.25, 0.3) is 0 Å². The number of rotatable bonds is 9. The fourth-order valence-corrected chi connectivity index (χ4v) is 3.02. The van der Waals surface area contributed by atoms with Crippen molar-refractivity contribution in [2.45, 2.75) is 57.8 Å². The summed E-state index contributed by atoms with van der Waals surface area (Å²) in [4.78, 5) is 4.15. The Morgan fingerprint density at radius 2 is 1.93 bits per heavy atom. The lowest BCUT2D eigenvalue weighted by atomic mass is 9.98. The van der Waals surface area contributed by atoms with E-state index in [1.165, 1.54) is 38.2 Å². The van der Waals surface area contributed by atoms with Gasteiger partial charge in [0.1, 0.15) is 5.75 Å². The Hall–Kier alpha value is -1.16. The molecule has 2 rings (SSSR count). The molecule has 0 atom stereocenters. The minimum absolute atomic E-state index is 0. The minimum Gasteiger partial charge on any atom is -0.434 e. The van der Waals surface area contributed by atoms with E-state index < -0.39 is 6.61 Å². The van der Waals surface area contributed by atoms with Crippen LogP contribution in [0.3, 0.4) is 0 Å². The van der Waals surface area contributed by atoms with E-state index in [1.807, 2.05) is 0 Å². The van der Waals surface area contributed by atoms with Crippen LogP contribution in [0, 0.1) is 0 Å². The second kappa shape index (κ2) is 13.9. The van der Waals surface area contributed by atoms with Crippen LogP contribution in [0.25, 0.3) is 0 Å². The highest BCUT2D eigenvalue weighted by molar-refractivity contribution is 14.0. The van der Waals surface area contributed by atoms with E-state index >= 15 is 0 Å². The third-order valence-corrected chi connectivity index (χ3v) is 4.38. The van der Waals surface area contributed by atoms with E-state index in [0.29, 0.717) is 24.2 Å². The maximum atomic E-state index is 12.4. The molecule has 0 radical (unpaired) electrons. The quantitative estimate of drug-likeness (QED) is 0.231. The number of aliphatic imine (C=N–C) groups is 1. The molecule has 1 aliphatic rings. The Morgan fingerprint density at radius 1 is 1.19 bits per heavy atom. The molecule has 1 saturated carbocycles. The minimum atomic E-state index is -2.84. The van der Waals surface area contributed by atoms with Crippen molar-refractivity contribution in [2.24, 2.45) is 4.99 Å². The molecule has 0 bridgehead atoms. The summed E-state index contributed by atoms with van der Waals surface area (Å²) < 4.78 is 35.3. The molecule has 0 spiro atoms. The smallest absolute Gasteiger partial charge is 0.387 e. The maximum Gasteiger partial charge on any atom is 0.387 e. The molecule has 1 fully saturated rings. The predicted molar refractivity (Wildman–Crippen MR) is 114 cm³/mol. The summed E-state index contributed by atoms with van der Waals surface area (Å²) in [6.07, 6.45) is 7.55. The summed E-state index contributed by atoms with van der Waals surface area (Å²) in [7, 11) is 1.68. The summed E-state index contributed by atoms with van der Waals surface area (Å²) in [5.41, 5.74) is 0.649. The Kier molecular flexibility index (Phi) is 12.3. The van der Waals surface area contributed by atoms with Gasteiger partial charge < -0.3 is 20.1 Å². The van der Waals surface area contributed by atoms with Crippen LogP contribution >= 0.6 is 24.0 Å². The lowest BCUT2D eigenvalue weighted by Gasteiger charge is -2.22. The van der Waals surface area contributed by atoms with Gasteiger partial charge >= 0.3 is 6.61 Å². The molecule has 1 aromatic rings. The average Bonchev–Trinajstić information content (AvgIpc) is 2.65. The number of ether oxygens (including phenoxy) is 2. The van der Waals surface area contributed by atoms with E-state index in [1.54, 1.807) is 25.2 Å². The maximum absolute atomic E-state index is 12.4. The monoisotopic (exact) mass is 497 g/mol. The van der Waals surface area contributed by atoms with E-state index in [-0.39, 0.29) is 29.7 Å². The standard InChI is InChI=1S/C19H29F2N3O2.HI/c1-22-19(23-12-7-13-25-16-9-3-2-4-10-16)24-14-15-8-5-6-11-17(15)26-18(20)21;/h5-6,8,11,16,18H,2-4,7,9-10,12-14H2,1H3,(H2,22,23,24);1H. The zero-order valence-electron chi connectivity index (χ0n) is 15.8. The highest BCUT2D eigenvalue weighted by atomic mass is 127. The van der Waals surface area contributed by atoms with Gasteiger partial charge in [-0.25, -0.2) is 0 Å². The van der Waals surface area contributed by atoms with Gasteiger partial charge in [-0.1, -0.05) is 37.5 Å². The molecule has 154 valence electrons. The number of hydrogen-bond acceptors (Lipinski definition) is 3. The molecule has 0 aromatic heterocycles. The normalized spacial score (nSPS) is 15.3. The lowest BCUT2D eigenvalue weighted by molar-refractivity contribution is -0.0504. The summed E-state index contributed by atoms with van der Waals surface area (Å²) in [6.45, 7) is -1.01. The Balaban J connectivity index is 0.00000364. The summed E-state index contributed by atoms with van der Waals surface area (Å²) in [6, 6.07) is 6.73. The SMILES string of the molecule is CN=C(NCCCOC1CCCCC1)NCc1ccccc1OC(F)F.I. The Labute approximate surface area is 177 Å². The first-order valence-corrected chi connectivity index (χ1v) is 9.28. The van der Waals surface area contributed by atoms with Crippen molar-refractivity contribution in [1.29, 1.82) is 0 Å². The van der Waals surface area contributed by atoms with Crippen LogP contribution in [-0.4, -0.2) is 38.9 Å². The first kappa shape index (κ1) is 23.9. The van der Waals surface area contributed by atoms with Gasteiger partial charge in [-0.15, -0.1) is 24.0 Å². The molecule has 0 aliphatic heterocycles. The number of nitrogens with zero attached hydrogens (tertiary/aromatic N) is 1. The van der Waals surface area contributed by atoms with E-state index in [2.05, 4.69) is 20.4 Å². The molecule has 1 aromatic carbocycles. The van der Waals surface area contributed by atoms with Gasteiger partial charge in [-0.3, -0.25) is 4.99 Å². The van der Waals surface area contributed by atoms with Gasteiger partial charge in [0.05, 0.1) is 6.10 Å². The molecular weight excluding hydrogens is 467 g/mol. The average molecular weight is 497 g/mol. The first-order chi connectivity index (χ1) is 12.7. The van der Waals surface area contributed by atoms with Crippen molar-refractivity contribution in [3.05, 3.63) is 29.8 Å². The number of guanidine groups is 1. The molecule has 2 N–H and O–H groups in total. The van der Waals surface area contributed by atoms with Crippen LogP contribution < -0.4 is 15.4 Å². The zero-order chi connectivity index (χ0) is 18.6. The molecule has 27 heavy (non-hydrogen) atoms.